The maximum absolute atomic E-state index is 13.3. The van der Waals surface area contributed by atoms with Crippen LogP contribution in [0.1, 0.15) is 22.3 Å². The van der Waals surface area contributed by atoms with E-state index in [2.05, 4.69) is 10.1 Å². The van der Waals surface area contributed by atoms with E-state index in [-0.39, 0.29) is 5.82 Å². The summed E-state index contributed by atoms with van der Waals surface area (Å²) in [6.45, 7) is 2.53. The minimum Gasteiger partial charge on any atom is -0.462 e. The molecule has 118 valence electrons. The number of rotatable bonds is 5. The second-order valence-electron chi connectivity index (χ2n) is 4.78. The number of ether oxygens (including phenoxy) is 1. The van der Waals surface area contributed by atoms with Crippen LogP contribution < -0.4 is 0 Å². The molecule has 0 spiro atoms. The molecule has 0 saturated heterocycles. The number of hydrogen-bond acceptors (Lipinski definition) is 5. The van der Waals surface area contributed by atoms with Crippen LogP contribution in [0.4, 0.5) is 4.39 Å². The number of carbonyl (C=O) groups is 1. The van der Waals surface area contributed by atoms with Gasteiger partial charge in [0, 0.05) is 17.1 Å². The SMILES string of the molecule is CCOC(=O)c1cnn(Cc2nc(-c3cccc(F)c3)cs2)c1. The van der Waals surface area contributed by atoms with Gasteiger partial charge in [0.2, 0.25) is 0 Å². The van der Waals surface area contributed by atoms with Crippen LogP contribution in [0.15, 0.2) is 42.0 Å². The van der Waals surface area contributed by atoms with Crippen LogP contribution in [-0.2, 0) is 11.3 Å². The molecule has 2 aromatic heterocycles. The van der Waals surface area contributed by atoms with Crippen molar-refractivity contribution in [2.45, 2.75) is 13.5 Å². The van der Waals surface area contributed by atoms with Crippen LogP contribution >= 0.6 is 11.3 Å². The van der Waals surface area contributed by atoms with Crippen molar-refractivity contribution in [3.8, 4) is 11.3 Å². The largest absolute Gasteiger partial charge is 0.462 e. The Labute approximate surface area is 136 Å². The van der Waals surface area contributed by atoms with E-state index in [1.807, 2.05) is 11.4 Å². The van der Waals surface area contributed by atoms with Gasteiger partial charge in [-0.3, -0.25) is 4.68 Å². The molecule has 0 saturated carbocycles. The number of thiazole rings is 1. The van der Waals surface area contributed by atoms with Gasteiger partial charge in [-0.25, -0.2) is 14.2 Å². The highest BCUT2D eigenvalue weighted by molar-refractivity contribution is 7.09. The van der Waals surface area contributed by atoms with E-state index in [1.165, 1.54) is 29.7 Å². The fraction of sp³-hybridized carbons (Fsp3) is 0.188. The first-order chi connectivity index (χ1) is 11.2. The number of nitrogens with zero attached hydrogens (tertiary/aromatic N) is 3. The third-order valence-electron chi connectivity index (χ3n) is 3.11. The number of halogens is 1. The highest BCUT2D eigenvalue weighted by Gasteiger charge is 2.11. The number of aromatic nitrogens is 3. The van der Waals surface area contributed by atoms with Crippen molar-refractivity contribution < 1.29 is 13.9 Å². The number of benzene rings is 1. The smallest absolute Gasteiger partial charge is 0.341 e. The Morgan fingerprint density at radius 3 is 3.09 bits per heavy atom. The third kappa shape index (κ3) is 3.62. The summed E-state index contributed by atoms with van der Waals surface area (Å²) in [7, 11) is 0. The molecule has 0 fully saturated rings. The van der Waals surface area contributed by atoms with Gasteiger partial charge in [-0.1, -0.05) is 12.1 Å². The molecule has 7 heteroatoms. The first kappa shape index (κ1) is 15.4. The lowest BCUT2D eigenvalue weighted by atomic mass is 10.2. The molecule has 0 aliphatic rings. The standard InChI is InChI=1S/C16H14FN3O2S/c1-2-22-16(21)12-7-18-20(8-12)9-15-19-14(10-23-15)11-4-3-5-13(17)6-11/h3-8,10H,2,9H2,1H3. The summed E-state index contributed by atoms with van der Waals surface area (Å²) in [5, 5.41) is 6.83. The molecular formula is C16H14FN3O2S. The van der Waals surface area contributed by atoms with Crippen molar-refractivity contribution in [2.24, 2.45) is 0 Å². The predicted molar refractivity (Wildman–Crippen MR) is 84.8 cm³/mol. The Hall–Kier alpha value is -2.54. The predicted octanol–water partition coefficient (Wildman–Crippen LogP) is 3.37. The lowest BCUT2D eigenvalue weighted by Gasteiger charge is -1.98. The molecule has 5 nitrogen and oxygen atoms in total. The first-order valence-corrected chi connectivity index (χ1v) is 7.93. The number of hydrogen-bond donors (Lipinski definition) is 0. The van der Waals surface area contributed by atoms with Gasteiger partial charge >= 0.3 is 5.97 Å². The van der Waals surface area contributed by atoms with Gasteiger partial charge in [-0.2, -0.15) is 5.10 Å². The molecule has 0 aliphatic carbocycles. The van der Waals surface area contributed by atoms with Crippen LogP contribution in [0.3, 0.4) is 0 Å². The highest BCUT2D eigenvalue weighted by Crippen LogP contribution is 2.23. The van der Waals surface area contributed by atoms with E-state index in [4.69, 9.17) is 4.74 Å². The van der Waals surface area contributed by atoms with Gasteiger partial charge < -0.3 is 4.74 Å². The zero-order chi connectivity index (χ0) is 16.2. The second kappa shape index (κ2) is 6.70. The van der Waals surface area contributed by atoms with E-state index in [0.717, 1.165) is 16.3 Å². The molecule has 3 aromatic rings. The topological polar surface area (TPSA) is 57.0 Å². The maximum Gasteiger partial charge on any atom is 0.341 e. The summed E-state index contributed by atoms with van der Waals surface area (Å²) in [5.74, 6) is -0.679. The molecule has 1 aromatic carbocycles. The Balaban J connectivity index is 1.73. The summed E-state index contributed by atoms with van der Waals surface area (Å²) < 4.78 is 19.8. The van der Waals surface area contributed by atoms with Crippen LogP contribution in [-0.4, -0.2) is 27.3 Å². The van der Waals surface area contributed by atoms with Crippen molar-refractivity contribution >= 4 is 17.3 Å². The van der Waals surface area contributed by atoms with Gasteiger partial charge in [0.1, 0.15) is 10.8 Å². The van der Waals surface area contributed by atoms with Gasteiger partial charge in [0.25, 0.3) is 0 Å². The maximum atomic E-state index is 13.3. The molecule has 0 unspecified atom stereocenters. The van der Waals surface area contributed by atoms with Gasteiger partial charge in [-0.15, -0.1) is 11.3 Å². The van der Waals surface area contributed by atoms with Crippen molar-refractivity contribution in [1.29, 1.82) is 0 Å². The number of esters is 1. The molecular weight excluding hydrogens is 317 g/mol. The Bertz CT molecular complexity index is 828. The highest BCUT2D eigenvalue weighted by atomic mass is 32.1. The molecule has 2 heterocycles. The lowest BCUT2D eigenvalue weighted by molar-refractivity contribution is 0.0526. The van der Waals surface area contributed by atoms with E-state index >= 15 is 0 Å². The third-order valence-corrected chi connectivity index (χ3v) is 3.95. The van der Waals surface area contributed by atoms with Crippen LogP contribution in [0.2, 0.25) is 0 Å². The zero-order valence-electron chi connectivity index (χ0n) is 12.4. The van der Waals surface area contributed by atoms with E-state index < -0.39 is 5.97 Å². The van der Waals surface area contributed by atoms with Gasteiger partial charge in [0.15, 0.2) is 0 Å². The van der Waals surface area contributed by atoms with E-state index in [9.17, 15) is 9.18 Å². The molecule has 0 bridgehead atoms. The molecule has 0 radical (unpaired) electrons. The lowest BCUT2D eigenvalue weighted by Crippen LogP contribution is -2.04. The normalized spacial score (nSPS) is 10.7. The van der Waals surface area contributed by atoms with Crippen molar-refractivity contribution in [3.05, 3.63) is 58.4 Å². The quantitative estimate of drug-likeness (QED) is 0.673. The summed E-state index contributed by atoms with van der Waals surface area (Å²) in [6.07, 6.45) is 3.10. The Kier molecular flexibility index (Phi) is 4.47. The molecule has 0 amide bonds. The van der Waals surface area contributed by atoms with Gasteiger partial charge in [0.05, 0.1) is 30.6 Å². The minimum absolute atomic E-state index is 0.289. The summed E-state index contributed by atoms with van der Waals surface area (Å²) in [4.78, 5) is 16.1. The summed E-state index contributed by atoms with van der Waals surface area (Å²) in [6, 6.07) is 6.32. The molecule has 3 rings (SSSR count). The number of carbonyl (C=O) groups excluding carboxylic acids is 1. The van der Waals surface area contributed by atoms with Crippen LogP contribution in [0, 0.1) is 5.82 Å². The Morgan fingerprint density at radius 1 is 1.43 bits per heavy atom. The summed E-state index contributed by atoms with van der Waals surface area (Å²) in [5.41, 5.74) is 1.87. The van der Waals surface area contributed by atoms with Crippen LogP contribution in [0.25, 0.3) is 11.3 Å². The fourth-order valence-electron chi connectivity index (χ4n) is 2.07. The zero-order valence-corrected chi connectivity index (χ0v) is 13.2. The molecule has 0 N–H and O–H groups in total. The monoisotopic (exact) mass is 331 g/mol. The first-order valence-electron chi connectivity index (χ1n) is 7.05. The van der Waals surface area contributed by atoms with E-state index in [0.29, 0.717) is 18.7 Å². The van der Waals surface area contributed by atoms with Crippen molar-refractivity contribution in [2.75, 3.05) is 6.61 Å². The van der Waals surface area contributed by atoms with Crippen molar-refractivity contribution in [1.82, 2.24) is 14.8 Å². The average Bonchev–Trinajstić information content (AvgIpc) is 3.17. The van der Waals surface area contributed by atoms with Crippen LogP contribution in [0.5, 0.6) is 0 Å². The molecule has 0 aliphatic heterocycles. The Morgan fingerprint density at radius 2 is 2.30 bits per heavy atom. The second-order valence-corrected chi connectivity index (χ2v) is 5.73. The molecule has 23 heavy (non-hydrogen) atoms. The van der Waals surface area contributed by atoms with Gasteiger partial charge in [-0.05, 0) is 19.1 Å². The fourth-order valence-corrected chi connectivity index (χ4v) is 2.87. The minimum atomic E-state index is -0.390. The summed E-state index contributed by atoms with van der Waals surface area (Å²) >= 11 is 1.46. The molecule has 0 atom stereocenters. The van der Waals surface area contributed by atoms with E-state index in [1.54, 1.807) is 23.9 Å². The average molecular weight is 331 g/mol. The van der Waals surface area contributed by atoms with Crippen molar-refractivity contribution in [3.63, 3.8) is 0 Å².